The molecule has 0 aliphatic carbocycles. The number of ether oxygens (including phenoxy) is 1. The maximum absolute atomic E-state index is 12.7. The number of ketones is 1. The molecule has 25 nitrogen and oxygen atoms in total. The zero-order valence-electron chi connectivity index (χ0n) is 29.6. The number of hydrogen-bond donors (Lipinski definition) is 9. The molecule has 29 heteroatoms. The normalized spacial score (nSPS) is 22.4. The molecule has 0 spiro atoms. The van der Waals surface area contributed by atoms with Crippen LogP contribution >= 0.6 is 35.2 Å². The molecule has 10 N–H and O–H groups in total. The number of aliphatic hydroxyl groups excluding tert-OH is 2. The van der Waals surface area contributed by atoms with E-state index in [2.05, 4.69) is 34.4 Å². The number of phosphoric ester groups is 3. The lowest BCUT2D eigenvalue weighted by atomic mass is 9.87. The minimum Gasteiger partial charge on any atom is -0.386 e. The van der Waals surface area contributed by atoms with Crippen molar-refractivity contribution in [3.8, 4) is 0 Å². The standard InChI is InChI=1S/C26H42N7O18P3S/c1-13(14(2)34)25(39)55-8-7-28-16(35)5-6-29-23(38)20(37)26(3,4)10-48-54(45,46)51-53(43,44)47-9-15-19(50-52(40,41)42)18(36)24(49-15)33-12-32-17-21(27)30-11-31-22(17)33/h11-13,15,18-20,24,36-37H,5-10H2,1-4H3,(H,28,35)(H,29,38)(H,43,44)(H,45,46)(H2,27,30,31)(H2,40,41,42)/t13?,15-,18-,19-,20+,24-/m1/s1. The molecule has 1 saturated heterocycles. The third-order valence-corrected chi connectivity index (χ3v) is 11.9. The zero-order chi connectivity index (χ0) is 41.5. The Bertz CT molecular complexity index is 1860. The Morgan fingerprint density at radius 2 is 1.71 bits per heavy atom. The van der Waals surface area contributed by atoms with Crippen LogP contribution in [0.25, 0.3) is 11.2 Å². The SMILES string of the molecule is CC(=O)C(C)C(=O)SCCNC(=O)CCNC(=O)[C@H](O)C(C)(C)COP(=O)(O)OP(=O)(O)OC[C@H]1O[C@@H](n2cnc3c(N)ncnc32)[C@H](O)[C@@H]1OP(=O)(O)O. The maximum Gasteiger partial charge on any atom is 0.481 e. The molecule has 3 unspecified atom stereocenters. The van der Waals surface area contributed by atoms with Crippen molar-refractivity contribution in [3.05, 3.63) is 12.7 Å². The van der Waals surface area contributed by atoms with Crippen molar-refractivity contribution in [1.29, 1.82) is 0 Å². The van der Waals surface area contributed by atoms with Gasteiger partial charge in [0.2, 0.25) is 11.8 Å². The topological polar surface area (TPSA) is 381 Å². The summed E-state index contributed by atoms with van der Waals surface area (Å²) >= 11 is 0.886. The Morgan fingerprint density at radius 3 is 2.35 bits per heavy atom. The van der Waals surface area contributed by atoms with Crippen molar-refractivity contribution in [3.63, 3.8) is 0 Å². The van der Waals surface area contributed by atoms with E-state index in [1.807, 2.05) is 0 Å². The average molecular weight is 866 g/mol. The smallest absolute Gasteiger partial charge is 0.386 e. The fraction of sp³-hybridized carbons (Fsp3) is 0.654. The van der Waals surface area contributed by atoms with E-state index < -0.39 is 90.5 Å². The summed E-state index contributed by atoms with van der Waals surface area (Å²) in [5, 5.41) is 25.9. The maximum atomic E-state index is 12.7. The molecular formula is C26H42N7O18P3S. The average Bonchev–Trinajstić information content (AvgIpc) is 3.64. The number of thioether (sulfide) groups is 1. The number of fused-ring (bicyclic) bond motifs is 1. The van der Waals surface area contributed by atoms with Crippen LogP contribution in [0.15, 0.2) is 12.7 Å². The molecule has 0 saturated carbocycles. The molecule has 2 amide bonds. The number of carbonyl (C=O) groups excluding carboxylic acids is 4. The van der Waals surface area contributed by atoms with Crippen LogP contribution in [-0.2, 0) is 55.5 Å². The van der Waals surface area contributed by atoms with Gasteiger partial charge in [-0.15, -0.1) is 0 Å². The summed E-state index contributed by atoms with van der Waals surface area (Å²) in [6, 6.07) is 0. The molecule has 1 aliphatic rings. The monoisotopic (exact) mass is 865 g/mol. The molecule has 55 heavy (non-hydrogen) atoms. The highest BCUT2D eigenvalue weighted by Crippen LogP contribution is 2.61. The summed E-state index contributed by atoms with van der Waals surface area (Å²) < 4.78 is 62.0. The Hall–Kier alpha value is -2.77. The van der Waals surface area contributed by atoms with Crippen molar-refractivity contribution < 1.29 is 85.3 Å². The first kappa shape index (κ1) is 46.6. The minimum absolute atomic E-state index is 0.0238. The number of imidazole rings is 1. The highest BCUT2D eigenvalue weighted by Gasteiger charge is 2.50. The van der Waals surface area contributed by atoms with E-state index in [4.69, 9.17) is 19.5 Å². The number of nitrogens with zero attached hydrogens (tertiary/aromatic N) is 4. The molecule has 0 radical (unpaired) electrons. The number of anilines is 1. The zero-order valence-corrected chi connectivity index (χ0v) is 33.1. The molecule has 1 fully saturated rings. The van der Waals surface area contributed by atoms with E-state index in [1.54, 1.807) is 0 Å². The van der Waals surface area contributed by atoms with Crippen molar-refractivity contribution in [2.24, 2.45) is 11.3 Å². The van der Waals surface area contributed by atoms with Gasteiger partial charge >= 0.3 is 23.5 Å². The number of phosphoric acid groups is 3. The number of nitrogens with one attached hydrogen (secondary N) is 2. The van der Waals surface area contributed by atoms with Crippen LogP contribution in [0.1, 0.15) is 40.3 Å². The summed E-state index contributed by atoms with van der Waals surface area (Å²) in [4.78, 5) is 98.5. The molecule has 3 rings (SSSR count). The number of nitrogens with two attached hydrogens (primary N) is 1. The van der Waals surface area contributed by atoms with Crippen LogP contribution in [0.3, 0.4) is 0 Å². The second kappa shape index (κ2) is 19.1. The van der Waals surface area contributed by atoms with Crippen molar-refractivity contribution in [2.45, 2.75) is 64.8 Å². The van der Waals surface area contributed by atoms with Gasteiger partial charge in [-0.2, -0.15) is 4.31 Å². The van der Waals surface area contributed by atoms with E-state index in [-0.39, 0.29) is 53.1 Å². The van der Waals surface area contributed by atoms with Crippen molar-refractivity contribution >= 4 is 74.9 Å². The second-order valence-corrected chi connectivity index (χ2v) is 17.9. The summed E-state index contributed by atoms with van der Waals surface area (Å²) in [5.74, 6) is -2.38. The van der Waals surface area contributed by atoms with E-state index in [0.717, 1.165) is 29.0 Å². The van der Waals surface area contributed by atoms with Gasteiger partial charge in [-0.25, -0.2) is 28.6 Å². The molecule has 1 aliphatic heterocycles. The lowest BCUT2D eigenvalue weighted by molar-refractivity contribution is -0.137. The number of rotatable bonds is 21. The van der Waals surface area contributed by atoms with E-state index in [1.165, 1.54) is 27.7 Å². The van der Waals surface area contributed by atoms with Crippen molar-refractivity contribution in [2.75, 3.05) is 37.8 Å². The molecule has 8 atom stereocenters. The van der Waals surface area contributed by atoms with Gasteiger partial charge in [0, 0.05) is 30.7 Å². The molecule has 3 heterocycles. The first-order chi connectivity index (χ1) is 25.3. The van der Waals surface area contributed by atoms with Gasteiger partial charge in [0.15, 0.2) is 22.8 Å². The first-order valence-corrected chi connectivity index (χ1v) is 21.4. The summed E-state index contributed by atoms with van der Waals surface area (Å²) in [6.45, 7) is 3.06. The van der Waals surface area contributed by atoms with E-state index in [0.29, 0.717) is 0 Å². The Balaban J connectivity index is 1.50. The Morgan fingerprint density at radius 1 is 1.05 bits per heavy atom. The fourth-order valence-corrected chi connectivity index (χ4v) is 8.22. The van der Waals surface area contributed by atoms with Crippen LogP contribution in [0, 0.1) is 11.3 Å². The van der Waals surface area contributed by atoms with Gasteiger partial charge in [0.25, 0.3) is 0 Å². The van der Waals surface area contributed by atoms with Crippen LogP contribution in [0.2, 0.25) is 0 Å². The van der Waals surface area contributed by atoms with Crippen LogP contribution in [-0.4, -0.2) is 128 Å². The van der Waals surface area contributed by atoms with Gasteiger partial charge < -0.3 is 50.9 Å². The number of hydrogen-bond acceptors (Lipinski definition) is 19. The van der Waals surface area contributed by atoms with Crippen molar-refractivity contribution in [1.82, 2.24) is 30.2 Å². The lowest BCUT2D eigenvalue weighted by Crippen LogP contribution is -2.46. The predicted octanol–water partition coefficient (Wildman–Crippen LogP) is -1.11. The number of amides is 2. The van der Waals surface area contributed by atoms with Gasteiger partial charge in [-0.05, 0) is 13.8 Å². The number of aromatic nitrogens is 4. The summed E-state index contributed by atoms with van der Waals surface area (Å²) in [7, 11) is -16.4. The van der Waals surface area contributed by atoms with Gasteiger partial charge in [-0.3, -0.25) is 37.3 Å². The van der Waals surface area contributed by atoms with Gasteiger partial charge in [0.05, 0.1) is 25.5 Å². The van der Waals surface area contributed by atoms with Gasteiger partial charge in [0.1, 0.15) is 42.0 Å². The second-order valence-electron chi connectivity index (χ2n) is 12.6. The number of Topliss-reactive ketones (excluding diaryl/α,β-unsaturated/α-hetero) is 1. The first-order valence-electron chi connectivity index (χ1n) is 15.9. The molecule has 310 valence electrons. The molecule has 0 bridgehead atoms. The number of carbonyl (C=O) groups is 4. The van der Waals surface area contributed by atoms with E-state index in [9.17, 15) is 62.7 Å². The number of aliphatic hydroxyl groups is 2. The third kappa shape index (κ3) is 13.7. The summed E-state index contributed by atoms with van der Waals surface area (Å²) in [6.07, 6.45) is -7.03. The Labute approximate surface area is 316 Å². The number of nitrogen functional groups attached to an aromatic ring is 1. The largest absolute Gasteiger partial charge is 0.481 e. The van der Waals surface area contributed by atoms with Crippen LogP contribution in [0.5, 0.6) is 0 Å². The molecular weight excluding hydrogens is 823 g/mol. The van der Waals surface area contributed by atoms with E-state index >= 15 is 0 Å². The lowest BCUT2D eigenvalue weighted by Gasteiger charge is -2.30. The fourth-order valence-electron chi connectivity index (χ4n) is 4.57. The Kier molecular flexibility index (Phi) is 16.2. The summed E-state index contributed by atoms with van der Waals surface area (Å²) in [5.41, 5.74) is 4.22. The van der Waals surface area contributed by atoms with Crippen LogP contribution in [0.4, 0.5) is 5.82 Å². The highest BCUT2D eigenvalue weighted by molar-refractivity contribution is 8.13. The third-order valence-electron chi connectivity index (χ3n) is 7.71. The van der Waals surface area contributed by atoms with Gasteiger partial charge in [-0.1, -0.05) is 25.6 Å². The van der Waals surface area contributed by atoms with Crippen LogP contribution < -0.4 is 16.4 Å². The molecule has 2 aromatic heterocycles. The minimum atomic E-state index is -5.58. The highest BCUT2D eigenvalue weighted by atomic mass is 32.2. The molecule has 2 aromatic rings. The molecule has 0 aromatic carbocycles. The quantitative estimate of drug-likeness (QED) is 0.0408. The predicted molar refractivity (Wildman–Crippen MR) is 187 cm³/mol.